The van der Waals surface area contributed by atoms with Crippen molar-refractivity contribution >= 4 is 32.9 Å². The molecule has 0 saturated heterocycles. The molecule has 0 spiro atoms. The van der Waals surface area contributed by atoms with Crippen molar-refractivity contribution in [3.63, 3.8) is 0 Å². The summed E-state index contributed by atoms with van der Waals surface area (Å²) in [6, 6.07) is 50.8. The summed E-state index contributed by atoms with van der Waals surface area (Å²) in [5, 5.41) is 2.49. The first-order chi connectivity index (χ1) is 19.8. The maximum absolute atomic E-state index is 6.20. The minimum atomic E-state index is 0.631. The second-order valence-corrected chi connectivity index (χ2v) is 10.0. The van der Waals surface area contributed by atoms with Crippen molar-refractivity contribution < 1.29 is 4.42 Å². The van der Waals surface area contributed by atoms with Gasteiger partial charge in [-0.1, -0.05) is 97.1 Å². The van der Waals surface area contributed by atoms with Crippen LogP contribution in [-0.4, -0.2) is 9.55 Å². The van der Waals surface area contributed by atoms with Gasteiger partial charge in [-0.15, -0.1) is 0 Å². The second-order valence-electron chi connectivity index (χ2n) is 10.0. The molecule has 40 heavy (non-hydrogen) atoms. The Bertz CT molecular complexity index is 2140. The molecule has 2 heterocycles. The summed E-state index contributed by atoms with van der Waals surface area (Å²) in [6.45, 7) is 0. The minimum Gasteiger partial charge on any atom is -0.436 e. The molecule has 6 aromatic carbocycles. The average molecular weight is 513 g/mol. The van der Waals surface area contributed by atoms with E-state index in [0.717, 1.165) is 33.4 Å². The van der Waals surface area contributed by atoms with E-state index in [4.69, 9.17) is 9.40 Å². The zero-order valence-electron chi connectivity index (χ0n) is 21.7. The van der Waals surface area contributed by atoms with Crippen LogP contribution in [0.5, 0.6) is 0 Å². The van der Waals surface area contributed by atoms with Crippen molar-refractivity contribution in [1.82, 2.24) is 9.55 Å². The molecule has 3 heteroatoms. The van der Waals surface area contributed by atoms with E-state index in [1.54, 1.807) is 0 Å². The molecule has 8 rings (SSSR count). The zero-order chi connectivity index (χ0) is 26.5. The maximum atomic E-state index is 6.20. The first-order valence-corrected chi connectivity index (χ1v) is 13.5. The first kappa shape index (κ1) is 22.6. The Morgan fingerprint density at radius 2 is 1.15 bits per heavy atom. The normalized spacial score (nSPS) is 11.5. The van der Waals surface area contributed by atoms with Crippen molar-refractivity contribution in [3.8, 4) is 39.4 Å². The van der Waals surface area contributed by atoms with Gasteiger partial charge in [0.25, 0.3) is 0 Å². The third-order valence-corrected chi connectivity index (χ3v) is 7.66. The van der Waals surface area contributed by atoms with Crippen LogP contribution in [0.4, 0.5) is 0 Å². The molecule has 0 N–H and O–H groups in total. The van der Waals surface area contributed by atoms with Crippen molar-refractivity contribution in [3.05, 3.63) is 146 Å². The van der Waals surface area contributed by atoms with Gasteiger partial charge in [0.1, 0.15) is 5.52 Å². The molecule has 0 aliphatic carbocycles. The van der Waals surface area contributed by atoms with Crippen LogP contribution in [0.3, 0.4) is 0 Å². The largest absolute Gasteiger partial charge is 0.436 e. The Morgan fingerprint density at radius 1 is 0.475 bits per heavy atom. The van der Waals surface area contributed by atoms with Crippen LogP contribution < -0.4 is 0 Å². The molecule has 0 aliphatic heterocycles. The predicted octanol–water partition coefficient (Wildman–Crippen LogP) is 9.93. The van der Waals surface area contributed by atoms with E-state index in [1.165, 1.54) is 33.1 Å². The van der Waals surface area contributed by atoms with E-state index in [0.29, 0.717) is 5.89 Å². The van der Waals surface area contributed by atoms with Gasteiger partial charge in [-0.3, -0.25) is 0 Å². The first-order valence-electron chi connectivity index (χ1n) is 13.5. The molecule has 0 aliphatic rings. The van der Waals surface area contributed by atoms with Gasteiger partial charge in [-0.2, -0.15) is 0 Å². The number of fused-ring (bicyclic) bond motifs is 4. The summed E-state index contributed by atoms with van der Waals surface area (Å²) in [5.41, 5.74) is 10.8. The highest BCUT2D eigenvalue weighted by molar-refractivity contribution is 6.10. The van der Waals surface area contributed by atoms with Crippen molar-refractivity contribution in [2.45, 2.75) is 0 Å². The van der Waals surface area contributed by atoms with Crippen LogP contribution in [0.15, 0.2) is 150 Å². The van der Waals surface area contributed by atoms with Gasteiger partial charge in [0.05, 0.1) is 11.0 Å². The number of nitrogens with zero attached hydrogens (tertiary/aromatic N) is 2. The molecule has 0 fully saturated rings. The number of oxazole rings is 1. The topological polar surface area (TPSA) is 31.0 Å². The number of benzene rings is 6. The van der Waals surface area contributed by atoms with E-state index >= 15 is 0 Å². The average Bonchev–Trinajstić information content (AvgIpc) is 3.61. The molecule has 188 valence electrons. The van der Waals surface area contributed by atoms with Crippen LogP contribution in [-0.2, 0) is 0 Å². The monoisotopic (exact) mass is 512 g/mol. The highest BCUT2D eigenvalue weighted by atomic mass is 16.3. The quantitative estimate of drug-likeness (QED) is 0.235. The molecule has 0 amide bonds. The standard InChI is InChI=1S/C37H24N2O/c1-3-10-26(11-4-1)30-15-9-17-35-36(30)38-37(40-35)27-20-18-25(19-21-27)28-22-23-34-32(24-28)31-14-7-8-16-33(31)39(34)29-12-5-2-6-13-29/h1-24H. The fraction of sp³-hybridized carbons (Fsp3) is 0. The lowest BCUT2D eigenvalue weighted by molar-refractivity contribution is 0.620. The second kappa shape index (κ2) is 9.11. The molecule has 0 bridgehead atoms. The van der Waals surface area contributed by atoms with Crippen molar-refractivity contribution in [2.75, 3.05) is 0 Å². The molecular weight excluding hydrogens is 488 g/mol. The zero-order valence-corrected chi connectivity index (χ0v) is 21.7. The van der Waals surface area contributed by atoms with Gasteiger partial charge >= 0.3 is 0 Å². The van der Waals surface area contributed by atoms with E-state index in [2.05, 4.69) is 120 Å². The van der Waals surface area contributed by atoms with Crippen LogP contribution in [0, 0.1) is 0 Å². The van der Waals surface area contributed by atoms with Gasteiger partial charge in [-0.25, -0.2) is 4.98 Å². The molecule has 0 saturated carbocycles. The molecular formula is C37H24N2O. The lowest BCUT2D eigenvalue weighted by Gasteiger charge is -2.08. The summed E-state index contributed by atoms with van der Waals surface area (Å²) < 4.78 is 8.54. The van der Waals surface area contributed by atoms with Crippen LogP contribution >= 0.6 is 0 Å². The number of para-hydroxylation sites is 3. The molecule has 8 aromatic rings. The number of rotatable bonds is 4. The number of aromatic nitrogens is 2. The van der Waals surface area contributed by atoms with Gasteiger partial charge in [-0.05, 0) is 65.2 Å². The van der Waals surface area contributed by atoms with Crippen molar-refractivity contribution in [2.24, 2.45) is 0 Å². The Labute approximate surface area is 231 Å². The van der Waals surface area contributed by atoms with E-state index in [1.807, 2.05) is 30.3 Å². The number of hydrogen-bond acceptors (Lipinski definition) is 2. The Morgan fingerprint density at radius 3 is 1.98 bits per heavy atom. The van der Waals surface area contributed by atoms with Gasteiger partial charge in [0.15, 0.2) is 5.58 Å². The summed E-state index contributed by atoms with van der Waals surface area (Å²) in [6.07, 6.45) is 0. The third kappa shape index (κ3) is 3.63. The molecule has 0 unspecified atom stereocenters. The summed E-state index contributed by atoms with van der Waals surface area (Å²) in [5.74, 6) is 0.631. The minimum absolute atomic E-state index is 0.631. The van der Waals surface area contributed by atoms with E-state index < -0.39 is 0 Å². The van der Waals surface area contributed by atoms with Gasteiger partial charge in [0.2, 0.25) is 5.89 Å². The third-order valence-electron chi connectivity index (χ3n) is 7.66. The Balaban J connectivity index is 1.19. The van der Waals surface area contributed by atoms with Gasteiger partial charge in [0, 0.05) is 27.6 Å². The van der Waals surface area contributed by atoms with Crippen LogP contribution in [0.1, 0.15) is 0 Å². The molecule has 3 nitrogen and oxygen atoms in total. The molecule has 0 atom stereocenters. The highest BCUT2D eigenvalue weighted by Crippen LogP contribution is 2.36. The van der Waals surface area contributed by atoms with Gasteiger partial charge < -0.3 is 8.98 Å². The van der Waals surface area contributed by atoms with Crippen LogP contribution in [0.25, 0.3) is 72.3 Å². The summed E-state index contributed by atoms with van der Waals surface area (Å²) in [4.78, 5) is 4.90. The summed E-state index contributed by atoms with van der Waals surface area (Å²) in [7, 11) is 0. The molecule has 0 radical (unpaired) electrons. The van der Waals surface area contributed by atoms with Crippen LogP contribution in [0.2, 0.25) is 0 Å². The number of hydrogen-bond donors (Lipinski definition) is 0. The SMILES string of the molecule is c1ccc(-c2cccc3oc(-c4ccc(-c5ccc6c(c5)c5ccccc5n6-c5ccccc5)cc4)nc23)cc1. The molecule has 2 aromatic heterocycles. The van der Waals surface area contributed by atoms with E-state index in [-0.39, 0.29) is 0 Å². The smallest absolute Gasteiger partial charge is 0.227 e. The fourth-order valence-corrected chi connectivity index (χ4v) is 5.74. The predicted molar refractivity (Wildman–Crippen MR) is 165 cm³/mol. The van der Waals surface area contributed by atoms with E-state index in [9.17, 15) is 0 Å². The maximum Gasteiger partial charge on any atom is 0.227 e. The Kier molecular flexibility index (Phi) is 5.14. The fourth-order valence-electron chi connectivity index (χ4n) is 5.74. The van der Waals surface area contributed by atoms with Crippen molar-refractivity contribution in [1.29, 1.82) is 0 Å². The lowest BCUT2D eigenvalue weighted by atomic mass is 10.0. The highest BCUT2D eigenvalue weighted by Gasteiger charge is 2.15. The summed E-state index contributed by atoms with van der Waals surface area (Å²) >= 11 is 0. The Hall–Kier alpha value is -5.41. The lowest BCUT2D eigenvalue weighted by Crippen LogP contribution is -1.92.